The van der Waals surface area contributed by atoms with Gasteiger partial charge in [-0.05, 0) is 55.8 Å². The van der Waals surface area contributed by atoms with Gasteiger partial charge in [0.15, 0.2) is 0 Å². The van der Waals surface area contributed by atoms with Crippen LogP contribution in [0.2, 0.25) is 0 Å². The van der Waals surface area contributed by atoms with Crippen molar-refractivity contribution in [1.29, 1.82) is 0 Å². The average Bonchev–Trinajstić information content (AvgIpc) is 2.90. The number of amides is 1. The summed E-state index contributed by atoms with van der Waals surface area (Å²) < 4.78 is 1.01. The molecule has 0 radical (unpaired) electrons. The molecule has 4 heteroatoms. The third-order valence-corrected chi connectivity index (χ3v) is 5.72. The van der Waals surface area contributed by atoms with E-state index in [4.69, 9.17) is 0 Å². The van der Waals surface area contributed by atoms with Gasteiger partial charge in [0.25, 0.3) is 5.91 Å². The van der Waals surface area contributed by atoms with Crippen molar-refractivity contribution >= 4 is 21.8 Å². The fourth-order valence-electron chi connectivity index (χ4n) is 3.31. The standard InChI is InChI=1S/C16H21BrN2O/c1-12-2-3-13(10-14(12)17)15(20)19-8-5-16(6-9-19)4-7-18-11-16/h2-3,10,18H,4-9,11H2,1H3. The number of hydrogen-bond acceptors (Lipinski definition) is 2. The largest absolute Gasteiger partial charge is 0.339 e. The first-order valence-electron chi connectivity index (χ1n) is 7.36. The summed E-state index contributed by atoms with van der Waals surface area (Å²) in [5.74, 6) is 0.173. The molecule has 2 fully saturated rings. The molecule has 2 aliphatic heterocycles. The molecule has 0 bridgehead atoms. The number of nitrogens with one attached hydrogen (secondary N) is 1. The van der Waals surface area contributed by atoms with E-state index in [-0.39, 0.29) is 5.91 Å². The van der Waals surface area contributed by atoms with E-state index in [0.717, 1.165) is 54.6 Å². The Kier molecular flexibility index (Phi) is 3.87. The van der Waals surface area contributed by atoms with Crippen molar-refractivity contribution in [3.63, 3.8) is 0 Å². The molecule has 0 atom stereocenters. The summed E-state index contributed by atoms with van der Waals surface area (Å²) >= 11 is 3.51. The van der Waals surface area contributed by atoms with Crippen LogP contribution in [0, 0.1) is 12.3 Å². The summed E-state index contributed by atoms with van der Waals surface area (Å²) in [6.45, 7) is 6.10. The lowest BCUT2D eigenvalue weighted by Gasteiger charge is -2.39. The Labute approximate surface area is 128 Å². The van der Waals surface area contributed by atoms with Gasteiger partial charge in [0.1, 0.15) is 0 Å². The maximum absolute atomic E-state index is 12.6. The molecule has 1 aromatic carbocycles. The van der Waals surface area contributed by atoms with Crippen LogP contribution in [0.3, 0.4) is 0 Å². The van der Waals surface area contributed by atoms with Gasteiger partial charge in [-0.2, -0.15) is 0 Å². The fourth-order valence-corrected chi connectivity index (χ4v) is 3.69. The van der Waals surface area contributed by atoms with E-state index in [1.165, 1.54) is 6.42 Å². The van der Waals surface area contributed by atoms with Gasteiger partial charge in [-0.1, -0.05) is 22.0 Å². The Morgan fingerprint density at radius 1 is 1.30 bits per heavy atom. The van der Waals surface area contributed by atoms with Gasteiger partial charge in [-0.15, -0.1) is 0 Å². The van der Waals surface area contributed by atoms with Crippen LogP contribution in [-0.4, -0.2) is 37.0 Å². The zero-order chi connectivity index (χ0) is 14.2. The third kappa shape index (κ3) is 2.63. The van der Waals surface area contributed by atoms with Gasteiger partial charge < -0.3 is 10.2 Å². The summed E-state index contributed by atoms with van der Waals surface area (Å²) in [4.78, 5) is 14.6. The van der Waals surface area contributed by atoms with E-state index >= 15 is 0 Å². The van der Waals surface area contributed by atoms with Crippen LogP contribution in [0.5, 0.6) is 0 Å². The second-order valence-corrected chi connectivity index (χ2v) is 7.04. The molecule has 3 nitrogen and oxygen atoms in total. The fraction of sp³-hybridized carbons (Fsp3) is 0.562. The maximum atomic E-state index is 12.6. The first-order valence-corrected chi connectivity index (χ1v) is 8.15. The molecule has 0 aliphatic carbocycles. The van der Waals surface area contributed by atoms with Crippen LogP contribution in [0.15, 0.2) is 22.7 Å². The number of piperidine rings is 1. The number of carbonyl (C=O) groups is 1. The summed E-state index contributed by atoms with van der Waals surface area (Å²) in [6.07, 6.45) is 3.54. The van der Waals surface area contributed by atoms with Crippen molar-refractivity contribution < 1.29 is 4.79 Å². The first-order chi connectivity index (χ1) is 9.60. The van der Waals surface area contributed by atoms with E-state index in [1.807, 2.05) is 30.0 Å². The molecule has 20 heavy (non-hydrogen) atoms. The molecule has 2 saturated heterocycles. The van der Waals surface area contributed by atoms with Crippen LogP contribution in [-0.2, 0) is 0 Å². The zero-order valence-corrected chi connectivity index (χ0v) is 13.5. The minimum atomic E-state index is 0.173. The smallest absolute Gasteiger partial charge is 0.253 e. The lowest BCUT2D eigenvalue weighted by Crippen LogP contribution is -2.44. The second-order valence-electron chi connectivity index (χ2n) is 6.18. The van der Waals surface area contributed by atoms with Crippen LogP contribution in [0.4, 0.5) is 0 Å². The molecule has 0 unspecified atom stereocenters. The molecule has 3 rings (SSSR count). The van der Waals surface area contributed by atoms with Crippen molar-refractivity contribution in [3.8, 4) is 0 Å². The maximum Gasteiger partial charge on any atom is 0.253 e. The van der Waals surface area contributed by atoms with Crippen molar-refractivity contribution in [2.24, 2.45) is 5.41 Å². The molecule has 1 aromatic rings. The summed E-state index contributed by atoms with van der Waals surface area (Å²) in [5.41, 5.74) is 2.42. The number of rotatable bonds is 1. The van der Waals surface area contributed by atoms with Gasteiger partial charge in [0.05, 0.1) is 0 Å². The predicted molar refractivity (Wildman–Crippen MR) is 83.9 cm³/mol. The predicted octanol–water partition coefficient (Wildman–Crippen LogP) is 2.97. The van der Waals surface area contributed by atoms with Crippen LogP contribution >= 0.6 is 15.9 Å². The number of hydrogen-bond donors (Lipinski definition) is 1. The Morgan fingerprint density at radius 2 is 2.05 bits per heavy atom. The number of benzene rings is 1. The van der Waals surface area contributed by atoms with Crippen LogP contribution in [0.25, 0.3) is 0 Å². The molecule has 0 aromatic heterocycles. The van der Waals surface area contributed by atoms with Gasteiger partial charge in [0.2, 0.25) is 0 Å². The number of likely N-dealkylation sites (tertiary alicyclic amines) is 1. The Hall–Kier alpha value is -0.870. The minimum Gasteiger partial charge on any atom is -0.339 e. The van der Waals surface area contributed by atoms with E-state index < -0.39 is 0 Å². The van der Waals surface area contributed by atoms with E-state index in [2.05, 4.69) is 21.2 Å². The molecule has 0 saturated carbocycles. The molecule has 2 aliphatic rings. The summed E-state index contributed by atoms with van der Waals surface area (Å²) in [5, 5.41) is 3.46. The number of aryl methyl sites for hydroxylation is 1. The van der Waals surface area contributed by atoms with Crippen molar-refractivity contribution in [2.75, 3.05) is 26.2 Å². The zero-order valence-electron chi connectivity index (χ0n) is 11.9. The van der Waals surface area contributed by atoms with E-state index in [0.29, 0.717) is 5.41 Å². The van der Waals surface area contributed by atoms with Gasteiger partial charge in [0, 0.05) is 29.7 Å². The number of carbonyl (C=O) groups excluding carboxylic acids is 1. The van der Waals surface area contributed by atoms with Crippen LogP contribution in [0.1, 0.15) is 35.2 Å². The Balaban J connectivity index is 1.68. The summed E-state index contributed by atoms with van der Waals surface area (Å²) in [7, 11) is 0. The van der Waals surface area contributed by atoms with Gasteiger partial charge in [-0.25, -0.2) is 0 Å². The molecule has 2 heterocycles. The Bertz CT molecular complexity index is 513. The van der Waals surface area contributed by atoms with E-state index in [1.54, 1.807) is 0 Å². The van der Waals surface area contributed by atoms with Crippen LogP contribution < -0.4 is 5.32 Å². The molecular formula is C16H21BrN2O. The quantitative estimate of drug-likeness (QED) is 0.855. The van der Waals surface area contributed by atoms with Crippen molar-refractivity contribution in [1.82, 2.24) is 10.2 Å². The minimum absolute atomic E-state index is 0.173. The molecule has 1 amide bonds. The van der Waals surface area contributed by atoms with Crippen molar-refractivity contribution in [3.05, 3.63) is 33.8 Å². The Morgan fingerprint density at radius 3 is 2.65 bits per heavy atom. The molecule has 1 spiro atoms. The lowest BCUT2D eigenvalue weighted by atomic mass is 9.78. The SMILES string of the molecule is Cc1ccc(C(=O)N2CCC3(CCNC3)CC2)cc1Br. The third-order valence-electron chi connectivity index (χ3n) is 4.86. The van der Waals surface area contributed by atoms with Crippen molar-refractivity contribution in [2.45, 2.75) is 26.2 Å². The highest BCUT2D eigenvalue weighted by atomic mass is 79.9. The highest BCUT2D eigenvalue weighted by Gasteiger charge is 2.38. The molecular weight excluding hydrogens is 316 g/mol. The number of halogens is 1. The highest BCUT2D eigenvalue weighted by molar-refractivity contribution is 9.10. The van der Waals surface area contributed by atoms with Gasteiger partial charge >= 0.3 is 0 Å². The van der Waals surface area contributed by atoms with Gasteiger partial charge in [-0.3, -0.25) is 4.79 Å². The monoisotopic (exact) mass is 336 g/mol. The topological polar surface area (TPSA) is 32.3 Å². The normalized spacial score (nSPS) is 21.4. The lowest BCUT2D eigenvalue weighted by molar-refractivity contribution is 0.0607. The molecule has 108 valence electrons. The molecule has 1 N–H and O–H groups in total. The second kappa shape index (κ2) is 5.49. The number of nitrogens with zero attached hydrogens (tertiary/aromatic N) is 1. The first kappa shape index (κ1) is 14.1. The van der Waals surface area contributed by atoms with E-state index in [9.17, 15) is 4.79 Å². The average molecular weight is 337 g/mol. The summed E-state index contributed by atoms with van der Waals surface area (Å²) in [6, 6.07) is 5.88. The highest BCUT2D eigenvalue weighted by Crippen LogP contribution is 2.37.